The molecule has 1 heterocycles. The van der Waals surface area contributed by atoms with Crippen LogP contribution >= 0.6 is 0 Å². The Morgan fingerprint density at radius 1 is 0.946 bits per heavy atom. The molecular formula is C24H31NO12. The minimum atomic E-state index is -1.51. The van der Waals surface area contributed by atoms with Crippen LogP contribution in [0.1, 0.15) is 69.7 Å². The van der Waals surface area contributed by atoms with E-state index in [4.69, 9.17) is 23.7 Å². The van der Waals surface area contributed by atoms with Gasteiger partial charge in [0.15, 0.2) is 12.2 Å². The summed E-state index contributed by atoms with van der Waals surface area (Å²) >= 11 is 0. The van der Waals surface area contributed by atoms with E-state index in [-0.39, 0.29) is 31.6 Å². The van der Waals surface area contributed by atoms with Gasteiger partial charge in [-0.3, -0.25) is 24.5 Å². The maximum absolute atomic E-state index is 12.4. The Labute approximate surface area is 213 Å². The van der Waals surface area contributed by atoms with E-state index in [1.165, 1.54) is 0 Å². The number of nitrogens with zero attached hydrogens (tertiary/aromatic N) is 1. The second-order valence-electron chi connectivity index (χ2n) is 8.25. The second kappa shape index (κ2) is 14.1. The van der Waals surface area contributed by atoms with Gasteiger partial charge in [-0.2, -0.15) is 0 Å². The van der Waals surface area contributed by atoms with Crippen molar-refractivity contribution in [3.63, 3.8) is 0 Å². The summed E-state index contributed by atoms with van der Waals surface area (Å²) in [6.07, 6.45) is -3.81. The second-order valence-corrected chi connectivity index (χ2v) is 8.25. The van der Waals surface area contributed by atoms with E-state index in [1.807, 2.05) is 0 Å². The molecular weight excluding hydrogens is 494 g/mol. The molecule has 1 aliphatic rings. The molecule has 0 spiro atoms. The van der Waals surface area contributed by atoms with Crippen molar-refractivity contribution in [2.24, 2.45) is 0 Å². The van der Waals surface area contributed by atoms with E-state index in [9.17, 15) is 34.4 Å². The molecule has 1 aromatic rings. The molecule has 1 aliphatic heterocycles. The fraction of sp³-hybridized carbons (Fsp3) is 0.583. The lowest BCUT2D eigenvalue weighted by Gasteiger charge is -2.40. The molecule has 1 fully saturated rings. The number of aromatic carboxylic acids is 1. The molecule has 13 heteroatoms. The van der Waals surface area contributed by atoms with Crippen LogP contribution in [0.25, 0.3) is 0 Å². The smallest absolute Gasteiger partial charge is 0.339 e. The molecule has 1 N–H and O–H groups in total. The van der Waals surface area contributed by atoms with Crippen LogP contribution in [0.3, 0.4) is 0 Å². The van der Waals surface area contributed by atoms with Gasteiger partial charge in [-0.05, 0) is 25.3 Å². The summed E-state index contributed by atoms with van der Waals surface area (Å²) < 4.78 is 27.9. The first-order chi connectivity index (χ1) is 17.6. The van der Waals surface area contributed by atoms with Crippen LogP contribution in [0.15, 0.2) is 18.2 Å². The molecule has 1 saturated heterocycles. The largest absolute Gasteiger partial charge is 0.478 e. The van der Waals surface area contributed by atoms with Crippen LogP contribution < -0.4 is 4.74 Å². The summed E-state index contributed by atoms with van der Waals surface area (Å²) in [7, 11) is 0. The summed E-state index contributed by atoms with van der Waals surface area (Å²) in [6, 6.07) is 2.92. The monoisotopic (exact) mass is 525 g/mol. The molecule has 0 aliphatic carbocycles. The number of rotatable bonds is 13. The van der Waals surface area contributed by atoms with Crippen molar-refractivity contribution in [1.29, 1.82) is 0 Å². The van der Waals surface area contributed by atoms with Gasteiger partial charge in [-0.15, -0.1) is 0 Å². The number of carbonyl (C=O) groups is 4. The van der Waals surface area contributed by atoms with Gasteiger partial charge >= 0.3 is 23.9 Å². The third kappa shape index (κ3) is 8.41. The summed E-state index contributed by atoms with van der Waals surface area (Å²) in [6.45, 7) is 4.97. The SMILES string of the molecule is CCCC(=O)O[C@@H]1[C@@H](OC(=O)CCC)[C@@H](Oc2ccc([N+](=O)[O-])cc2C(=O)O)OC[C@@H]1OC(=O)CCC. The van der Waals surface area contributed by atoms with Gasteiger partial charge < -0.3 is 28.8 Å². The van der Waals surface area contributed by atoms with Crippen LogP contribution in [-0.4, -0.2) is 65.1 Å². The highest BCUT2D eigenvalue weighted by Gasteiger charge is 2.49. The molecule has 0 amide bonds. The predicted octanol–water partition coefficient (Wildman–Crippen LogP) is 3.16. The lowest BCUT2D eigenvalue weighted by Crippen LogP contribution is -2.59. The van der Waals surface area contributed by atoms with Crippen molar-refractivity contribution in [3.8, 4) is 5.75 Å². The van der Waals surface area contributed by atoms with Gasteiger partial charge in [0, 0.05) is 31.4 Å². The summed E-state index contributed by atoms with van der Waals surface area (Å²) in [5.41, 5.74) is -1.01. The van der Waals surface area contributed by atoms with Crippen LogP contribution in [0.5, 0.6) is 5.75 Å². The zero-order valence-corrected chi connectivity index (χ0v) is 20.9. The van der Waals surface area contributed by atoms with Crippen LogP contribution in [0.2, 0.25) is 0 Å². The molecule has 0 radical (unpaired) electrons. The first kappa shape index (κ1) is 29.5. The molecule has 0 saturated carbocycles. The van der Waals surface area contributed by atoms with E-state index >= 15 is 0 Å². The highest BCUT2D eigenvalue weighted by molar-refractivity contribution is 5.91. The van der Waals surface area contributed by atoms with Crippen molar-refractivity contribution < 1.29 is 52.9 Å². The average Bonchev–Trinajstić information content (AvgIpc) is 2.83. The quantitative estimate of drug-likeness (QED) is 0.172. The Morgan fingerprint density at radius 2 is 1.49 bits per heavy atom. The van der Waals surface area contributed by atoms with Gasteiger partial charge in [-0.1, -0.05) is 20.8 Å². The van der Waals surface area contributed by atoms with Crippen LogP contribution in [0, 0.1) is 10.1 Å². The maximum atomic E-state index is 12.4. The standard InChI is InChI=1S/C24H31NO12/c1-4-7-18(26)34-17-13-33-24(35-16-11-10-14(25(31)32)12-15(16)23(29)30)22(37-20(28)9-6-3)21(17)36-19(27)8-5-2/h10-12,17,21-22,24H,4-9,13H2,1-3H3,(H,29,30)/t17-,21-,22+,24+/m0/s1. The van der Waals surface area contributed by atoms with E-state index in [0.29, 0.717) is 19.3 Å². The fourth-order valence-electron chi connectivity index (χ4n) is 3.50. The average molecular weight is 526 g/mol. The maximum Gasteiger partial charge on any atom is 0.339 e. The van der Waals surface area contributed by atoms with E-state index in [2.05, 4.69) is 0 Å². The van der Waals surface area contributed by atoms with Crippen molar-refractivity contribution >= 4 is 29.6 Å². The Balaban J connectivity index is 2.45. The highest BCUT2D eigenvalue weighted by atomic mass is 16.7. The van der Waals surface area contributed by atoms with Gasteiger partial charge in [0.2, 0.25) is 12.4 Å². The Morgan fingerprint density at radius 3 is 2.00 bits per heavy atom. The molecule has 0 unspecified atom stereocenters. The number of benzene rings is 1. The zero-order valence-electron chi connectivity index (χ0n) is 20.9. The molecule has 204 valence electrons. The number of nitro groups is 1. The van der Waals surface area contributed by atoms with E-state index in [0.717, 1.165) is 18.2 Å². The first-order valence-electron chi connectivity index (χ1n) is 12.0. The molecule has 0 aromatic heterocycles. The normalized spacial score (nSPS) is 20.9. The van der Waals surface area contributed by atoms with Crippen molar-refractivity contribution in [3.05, 3.63) is 33.9 Å². The van der Waals surface area contributed by atoms with Crippen molar-refractivity contribution in [1.82, 2.24) is 0 Å². The van der Waals surface area contributed by atoms with Crippen molar-refractivity contribution in [2.45, 2.75) is 83.9 Å². The van der Waals surface area contributed by atoms with Crippen LogP contribution in [-0.2, 0) is 33.3 Å². The van der Waals surface area contributed by atoms with Crippen LogP contribution in [0.4, 0.5) is 5.69 Å². The lowest BCUT2D eigenvalue weighted by molar-refractivity contribution is -0.384. The van der Waals surface area contributed by atoms with Crippen molar-refractivity contribution in [2.75, 3.05) is 6.61 Å². The number of hydrogen-bond acceptors (Lipinski definition) is 11. The molecule has 0 bridgehead atoms. The van der Waals surface area contributed by atoms with Gasteiger partial charge in [0.1, 0.15) is 11.3 Å². The Hall–Kier alpha value is -3.74. The molecule has 2 rings (SSSR count). The summed E-state index contributed by atoms with van der Waals surface area (Å²) in [4.78, 5) is 59.1. The molecule has 1 aromatic carbocycles. The van der Waals surface area contributed by atoms with Gasteiger partial charge in [0.05, 0.1) is 11.5 Å². The number of non-ortho nitro benzene ring substituents is 1. The lowest BCUT2D eigenvalue weighted by atomic mass is 10.0. The number of ether oxygens (including phenoxy) is 5. The third-order valence-electron chi connectivity index (χ3n) is 5.21. The summed E-state index contributed by atoms with van der Waals surface area (Å²) in [5, 5.41) is 20.6. The number of carbonyl (C=O) groups excluding carboxylic acids is 3. The number of esters is 3. The van der Waals surface area contributed by atoms with E-state index in [1.54, 1.807) is 20.8 Å². The van der Waals surface area contributed by atoms with Gasteiger partial charge in [-0.25, -0.2) is 4.79 Å². The fourth-order valence-corrected chi connectivity index (χ4v) is 3.50. The topological polar surface area (TPSA) is 178 Å². The summed E-state index contributed by atoms with van der Waals surface area (Å²) in [5.74, 6) is -3.70. The zero-order chi connectivity index (χ0) is 27.5. The number of hydrogen-bond donors (Lipinski definition) is 1. The first-order valence-corrected chi connectivity index (χ1v) is 12.0. The Kier molecular flexibility index (Phi) is 11.2. The molecule has 4 atom stereocenters. The third-order valence-corrected chi connectivity index (χ3v) is 5.21. The minimum Gasteiger partial charge on any atom is -0.478 e. The van der Waals surface area contributed by atoms with E-state index < -0.39 is 64.7 Å². The highest BCUT2D eigenvalue weighted by Crippen LogP contribution is 2.31. The van der Waals surface area contributed by atoms with Gasteiger partial charge in [0.25, 0.3) is 5.69 Å². The number of nitro benzene ring substituents is 1. The predicted molar refractivity (Wildman–Crippen MR) is 125 cm³/mol. The molecule has 37 heavy (non-hydrogen) atoms. The number of carboxylic acids is 1. The minimum absolute atomic E-state index is 0.0110. The Bertz CT molecular complexity index is 994. The number of carboxylic acid groups (broad SMARTS) is 1. The molecule has 13 nitrogen and oxygen atoms in total.